The zero-order valence-corrected chi connectivity index (χ0v) is 11.8. The number of hydrogen-bond acceptors (Lipinski definition) is 5. The molecule has 1 heterocycles. The van der Waals surface area contributed by atoms with Gasteiger partial charge in [-0.25, -0.2) is 4.79 Å². The number of carbonyl (C=O) groups is 3. The highest BCUT2D eigenvalue weighted by Gasteiger charge is 2.10. The molecule has 0 atom stereocenters. The number of anilines is 1. The maximum absolute atomic E-state index is 11.7. The van der Waals surface area contributed by atoms with Crippen molar-refractivity contribution in [2.75, 3.05) is 19.0 Å². The van der Waals surface area contributed by atoms with Crippen molar-refractivity contribution >= 4 is 23.5 Å². The summed E-state index contributed by atoms with van der Waals surface area (Å²) in [5, 5.41) is 5.02. The normalized spacial score (nSPS) is 9.86. The second-order valence-electron chi connectivity index (χ2n) is 4.28. The summed E-state index contributed by atoms with van der Waals surface area (Å²) in [5.74, 6) is -1.19. The molecule has 7 heteroatoms. The monoisotopic (exact) mass is 302 g/mol. The topological polar surface area (TPSA) is 97.6 Å². The van der Waals surface area contributed by atoms with Gasteiger partial charge >= 0.3 is 5.97 Å². The lowest BCUT2D eigenvalue weighted by Crippen LogP contribution is -2.32. The number of hydrogen-bond donors (Lipinski definition) is 2. The van der Waals surface area contributed by atoms with Crippen molar-refractivity contribution in [2.24, 2.45) is 0 Å². The first-order valence-electron chi connectivity index (χ1n) is 6.40. The average Bonchev–Trinajstić information content (AvgIpc) is 3.07. The van der Waals surface area contributed by atoms with Crippen LogP contribution in [-0.4, -0.2) is 31.4 Å². The van der Waals surface area contributed by atoms with Crippen LogP contribution in [0.5, 0.6) is 0 Å². The van der Waals surface area contributed by atoms with Gasteiger partial charge in [-0.1, -0.05) is 0 Å². The van der Waals surface area contributed by atoms with Crippen LogP contribution in [0.25, 0.3) is 0 Å². The van der Waals surface area contributed by atoms with Crippen LogP contribution in [0, 0.1) is 0 Å². The molecule has 1 aromatic heterocycles. The molecule has 0 aliphatic carbocycles. The van der Waals surface area contributed by atoms with Gasteiger partial charge in [0, 0.05) is 5.69 Å². The Morgan fingerprint density at radius 3 is 2.45 bits per heavy atom. The van der Waals surface area contributed by atoms with Gasteiger partial charge in [-0.2, -0.15) is 0 Å². The van der Waals surface area contributed by atoms with Crippen molar-refractivity contribution < 1.29 is 23.5 Å². The Kier molecular flexibility index (Phi) is 4.92. The molecule has 0 spiro atoms. The quantitative estimate of drug-likeness (QED) is 0.814. The Hall–Kier alpha value is -3.09. The van der Waals surface area contributed by atoms with E-state index >= 15 is 0 Å². The van der Waals surface area contributed by atoms with Crippen LogP contribution in [0.2, 0.25) is 0 Å². The van der Waals surface area contributed by atoms with Gasteiger partial charge in [0.05, 0.1) is 25.5 Å². The van der Waals surface area contributed by atoms with E-state index in [-0.39, 0.29) is 12.3 Å². The highest BCUT2D eigenvalue weighted by atomic mass is 16.5. The van der Waals surface area contributed by atoms with E-state index in [0.717, 1.165) is 0 Å². The van der Waals surface area contributed by atoms with Crippen molar-refractivity contribution in [2.45, 2.75) is 0 Å². The van der Waals surface area contributed by atoms with E-state index < -0.39 is 17.8 Å². The molecule has 7 nitrogen and oxygen atoms in total. The Morgan fingerprint density at radius 2 is 1.86 bits per heavy atom. The van der Waals surface area contributed by atoms with Crippen molar-refractivity contribution in [1.82, 2.24) is 5.32 Å². The third-order valence-corrected chi connectivity index (χ3v) is 2.74. The van der Waals surface area contributed by atoms with E-state index in [1.165, 1.54) is 31.6 Å². The first-order valence-corrected chi connectivity index (χ1v) is 6.40. The van der Waals surface area contributed by atoms with E-state index in [1.54, 1.807) is 18.2 Å². The Balaban J connectivity index is 1.84. The van der Waals surface area contributed by atoms with Crippen LogP contribution in [0.1, 0.15) is 20.9 Å². The largest absolute Gasteiger partial charge is 0.465 e. The summed E-state index contributed by atoms with van der Waals surface area (Å²) in [4.78, 5) is 34.6. The molecule has 22 heavy (non-hydrogen) atoms. The summed E-state index contributed by atoms with van der Waals surface area (Å²) in [6.07, 6.45) is 1.37. The molecule has 1 aromatic carbocycles. The van der Waals surface area contributed by atoms with Crippen LogP contribution < -0.4 is 10.6 Å². The maximum Gasteiger partial charge on any atom is 0.337 e. The van der Waals surface area contributed by atoms with Crippen molar-refractivity contribution in [3.63, 3.8) is 0 Å². The van der Waals surface area contributed by atoms with Crippen LogP contribution >= 0.6 is 0 Å². The number of nitrogens with one attached hydrogen (secondary N) is 2. The van der Waals surface area contributed by atoms with Crippen LogP contribution in [0.15, 0.2) is 47.1 Å². The first kappa shape index (κ1) is 15.3. The predicted octanol–water partition coefficient (Wildman–Crippen LogP) is 1.43. The van der Waals surface area contributed by atoms with Crippen LogP contribution in [0.3, 0.4) is 0 Å². The van der Waals surface area contributed by atoms with Crippen molar-refractivity contribution in [1.29, 1.82) is 0 Å². The zero-order valence-electron chi connectivity index (χ0n) is 11.8. The van der Waals surface area contributed by atoms with Gasteiger partial charge in [0.1, 0.15) is 0 Å². The molecular weight excluding hydrogens is 288 g/mol. The summed E-state index contributed by atoms with van der Waals surface area (Å²) in [5.41, 5.74) is 0.886. The highest BCUT2D eigenvalue weighted by molar-refractivity contribution is 5.98. The summed E-state index contributed by atoms with van der Waals surface area (Å²) in [6.45, 7) is -0.196. The number of amides is 2. The van der Waals surface area contributed by atoms with Crippen molar-refractivity contribution in [3.05, 3.63) is 54.0 Å². The Bertz CT molecular complexity index is 662. The minimum absolute atomic E-state index is 0.134. The fraction of sp³-hybridized carbons (Fsp3) is 0.133. The summed E-state index contributed by atoms with van der Waals surface area (Å²) >= 11 is 0. The molecule has 2 amide bonds. The van der Waals surface area contributed by atoms with Gasteiger partial charge in [-0.3, -0.25) is 9.59 Å². The molecule has 0 bridgehead atoms. The van der Waals surface area contributed by atoms with Gasteiger partial charge in [0.2, 0.25) is 5.91 Å². The molecule has 114 valence electrons. The number of rotatable bonds is 5. The third kappa shape index (κ3) is 3.95. The molecule has 2 rings (SSSR count). The average molecular weight is 302 g/mol. The number of carbonyl (C=O) groups excluding carboxylic acids is 3. The molecular formula is C15H14N2O5. The summed E-state index contributed by atoms with van der Waals surface area (Å²) < 4.78 is 9.48. The lowest BCUT2D eigenvalue weighted by molar-refractivity contribution is -0.115. The lowest BCUT2D eigenvalue weighted by atomic mass is 10.2. The smallest absolute Gasteiger partial charge is 0.337 e. The fourth-order valence-electron chi connectivity index (χ4n) is 1.67. The number of benzene rings is 1. The third-order valence-electron chi connectivity index (χ3n) is 2.74. The van der Waals surface area contributed by atoms with Crippen LogP contribution in [-0.2, 0) is 9.53 Å². The molecule has 0 aliphatic heterocycles. The molecule has 0 saturated heterocycles. The van der Waals surface area contributed by atoms with E-state index in [4.69, 9.17) is 4.42 Å². The van der Waals surface area contributed by atoms with Gasteiger partial charge in [0.15, 0.2) is 5.76 Å². The lowest BCUT2D eigenvalue weighted by Gasteiger charge is -2.06. The number of furan rings is 1. The maximum atomic E-state index is 11.7. The van der Waals surface area contributed by atoms with E-state index in [2.05, 4.69) is 15.4 Å². The molecule has 2 N–H and O–H groups in total. The number of methoxy groups -OCH3 is 1. The SMILES string of the molecule is COC(=O)c1ccc(NC(=O)CNC(=O)c2ccco2)cc1. The second kappa shape index (κ2) is 7.07. The predicted molar refractivity (Wildman–Crippen MR) is 77.5 cm³/mol. The molecule has 0 unspecified atom stereocenters. The zero-order chi connectivity index (χ0) is 15.9. The highest BCUT2D eigenvalue weighted by Crippen LogP contribution is 2.10. The molecule has 0 aliphatic rings. The minimum atomic E-state index is -0.471. The summed E-state index contributed by atoms with van der Waals surface area (Å²) in [7, 11) is 1.29. The molecule has 0 radical (unpaired) electrons. The second-order valence-corrected chi connectivity index (χ2v) is 4.28. The summed E-state index contributed by atoms with van der Waals surface area (Å²) in [6, 6.07) is 9.28. The van der Waals surface area contributed by atoms with Gasteiger partial charge in [-0.15, -0.1) is 0 Å². The Labute approximate surface area is 126 Å². The molecule has 0 saturated carbocycles. The first-order chi connectivity index (χ1) is 10.6. The standard InChI is InChI=1S/C15H14N2O5/c1-21-15(20)10-4-6-11(7-5-10)17-13(18)9-16-14(19)12-3-2-8-22-12/h2-8H,9H2,1H3,(H,16,19)(H,17,18). The Morgan fingerprint density at radius 1 is 1.14 bits per heavy atom. The number of esters is 1. The van der Waals surface area contributed by atoms with E-state index in [9.17, 15) is 14.4 Å². The van der Waals surface area contributed by atoms with Gasteiger partial charge in [0.25, 0.3) is 5.91 Å². The van der Waals surface area contributed by atoms with Gasteiger partial charge in [-0.05, 0) is 36.4 Å². The van der Waals surface area contributed by atoms with Crippen LogP contribution in [0.4, 0.5) is 5.69 Å². The minimum Gasteiger partial charge on any atom is -0.465 e. The van der Waals surface area contributed by atoms with Gasteiger partial charge < -0.3 is 19.8 Å². The number of ether oxygens (including phenoxy) is 1. The fourth-order valence-corrected chi connectivity index (χ4v) is 1.67. The van der Waals surface area contributed by atoms with E-state index in [1.807, 2.05) is 0 Å². The van der Waals surface area contributed by atoms with E-state index in [0.29, 0.717) is 11.3 Å². The molecule has 0 fully saturated rings. The molecule has 2 aromatic rings. The van der Waals surface area contributed by atoms with Crippen molar-refractivity contribution in [3.8, 4) is 0 Å².